The molecule has 4 nitrogen and oxygen atoms in total. The van der Waals surface area contributed by atoms with E-state index in [9.17, 15) is 4.79 Å². The number of amides is 1. The maximum absolute atomic E-state index is 11.7. The number of carbonyl (C=O) groups is 1. The fourth-order valence-corrected chi connectivity index (χ4v) is 2.86. The molecule has 1 aromatic carbocycles. The molecule has 0 saturated heterocycles. The van der Waals surface area contributed by atoms with Crippen LogP contribution in [0.2, 0.25) is 0 Å². The lowest BCUT2D eigenvalue weighted by atomic mass is 10.2. The average Bonchev–Trinajstić information content (AvgIpc) is 2.86. The van der Waals surface area contributed by atoms with Gasteiger partial charge in [0.2, 0.25) is 5.91 Å². The Balaban J connectivity index is 1.92. The summed E-state index contributed by atoms with van der Waals surface area (Å²) in [5, 5.41) is 5.97. The van der Waals surface area contributed by atoms with Gasteiger partial charge in [0.15, 0.2) is 0 Å². The van der Waals surface area contributed by atoms with Crippen LogP contribution in [0.15, 0.2) is 35.7 Å². The molecule has 0 bridgehead atoms. The second-order valence-corrected chi connectivity index (χ2v) is 6.26. The molecule has 0 fully saturated rings. The molecule has 1 heterocycles. The summed E-state index contributed by atoms with van der Waals surface area (Å²) >= 11 is 1.64. The smallest absolute Gasteiger partial charge is 0.234 e. The number of aromatic nitrogens is 1. The van der Waals surface area contributed by atoms with Gasteiger partial charge in [-0.15, -0.1) is 11.3 Å². The Morgan fingerprint density at radius 2 is 2.05 bits per heavy atom. The highest BCUT2D eigenvalue weighted by atomic mass is 32.1. The minimum absolute atomic E-state index is 0.0472. The van der Waals surface area contributed by atoms with Gasteiger partial charge in [-0.2, -0.15) is 0 Å². The lowest BCUT2D eigenvalue weighted by molar-refractivity contribution is -0.122. The van der Waals surface area contributed by atoms with Gasteiger partial charge in [0.1, 0.15) is 5.01 Å². The zero-order valence-corrected chi connectivity index (χ0v) is 13.5. The van der Waals surface area contributed by atoms with Gasteiger partial charge < -0.3 is 5.32 Å². The van der Waals surface area contributed by atoms with Crippen molar-refractivity contribution in [3.05, 3.63) is 41.4 Å². The quantitative estimate of drug-likeness (QED) is 0.892. The number of hydrogen-bond acceptors (Lipinski definition) is 4. The van der Waals surface area contributed by atoms with E-state index in [2.05, 4.69) is 27.8 Å². The summed E-state index contributed by atoms with van der Waals surface area (Å²) in [7, 11) is 1.93. The first kappa shape index (κ1) is 15.7. The van der Waals surface area contributed by atoms with E-state index in [0.717, 1.165) is 16.3 Å². The number of carbonyl (C=O) groups excluding carboxylic acids is 1. The number of hydrogen-bond donors (Lipinski definition) is 1. The van der Waals surface area contributed by atoms with Crippen molar-refractivity contribution in [1.82, 2.24) is 15.2 Å². The van der Waals surface area contributed by atoms with Gasteiger partial charge in [0.25, 0.3) is 0 Å². The van der Waals surface area contributed by atoms with Crippen LogP contribution in [-0.2, 0) is 11.3 Å². The van der Waals surface area contributed by atoms with Gasteiger partial charge >= 0.3 is 0 Å². The van der Waals surface area contributed by atoms with Crippen LogP contribution in [0.3, 0.4) is 0 Å². The number of likely N-dealkylation sites (N-methyl/N-ethyl adjacent to an activating group) is 1. The van der Waals surface area contributed by atoms with E-state index in [1.807, 2.05) is 44.0 Å². The van der Waals surface area contributed by atoms with Crippen molar-refractivity contribution in [2.24, 2.45) is 0 Å². The highest BCUT2D eigenvalue weighted by Crippen LogP contribution is 2.23. The van der Waals surface area contributed by atoms with E-state index < -0.39 is 0 Å². The van der Waals surface area contributed by atoms with Crippen LogP contribution >= 0.6 is 11.3 Å². The molecule has 0 unspecified atom stereocenters. The van der Waals surface area contributed by atoms with Crippen molar-refractivity contribution in [3.8, 4) is 10.6 Å². The lowest BCUT2D eigenvalue weighted by Gasteiger charge is -2.16. The third kappa shape index (κ3) is 4.95. The molecule has 5 heteroatoms. The normalized spacial score (nSPS) is 11.1. The first-order valence-electron chi connectivity index (χ1n) is 7.02. The Morgan fingerprint density at radius 1 is 1.33 bits per heavy atom. The number of benzene rings is 1. The number of thiazole rings is 1. The molecule has 1 aromatic heterocycles. The third-order valence-electron chi connectivity index (χ3n) is 2.87. The number of nitrogens with zero attached hydrogens (tertiary/aromatic N) is 2. The molecule has 0 aliphatic carbocycles. The molecular formula is C16H21N3OS. The maximum atomic E-state index is 11.7. The Bertz CT molecular complexity index is 580. The van der Waals surface area contributed by atoms with E-state index in [0.29, 0.717) is 13.1 Å². The summed E-state index contributed by atoms with van der Waals surface area (Å²) in [6.45, 7) is 4.99. The molecule has 0 radical (unpaired) electrons. The Labute approximate surface area is 129 Å². The van der Waals surface area contributed by atoms with Crippen LogP contribution in [0, 0.1) is 0 Å². The summed E-state index contributed by atoms with van der Waals surface area (Å²) in [4.78, 5) is 18.3. The number of nitrogens with one attached hydrogen (secondary N) is 1. The van der Waals surface area contributed by atoms with E-state index in [1.54, 1.807) is 11.3 Å². The van der Waals surface area contributed by atoms with Crippen LogP contribution in [-0.4, -0.2) is 35.4 Å². The van der Waals surface area contributed by atoms with Gasteiger partial charge in [-0.25, -0.2) is 4.98 Å². The molecule has 112 valence electrons. The second-order valence-electron chi connectivity index (χ2n) is 5.40. The van der Waals surface area contributed by atoms with Crippen LogP contribution in [0.1, 0.15) is 19.5 Å². The Kier molecular flexibility index (Phi) is 5.47. The van der Waals surface area contributed by atoms with E-state index >= 15 is 0 Å². The van der Waals surface area contributed by atoms with Crippen molar-refractivity contribution in [3.63, 3.8) is 0 Å². The Hall–Kier alpha value is -1.72. The van der Waals surface area contributed by atoms with Crippen LogP contribution in [0.25, 0.3) is 10.6 Å². The molecule has 0 aliphatic heterocycles. The fraction of sp³-hybridized carbons (Fsp3) is 0.375. The highest BCUT2D eigenvalue weighted by Gasteiger charge is 2.10. The largest absolute Gasteiger partial charge is 0.353 e. The first-order valence-corrected chi connectivity index (χ1v) is 7.90. The molecule has 21 heavy (non-hydrogen) atoms. The summed E-state index contributed by atoms with van der Waals surface area (Å²) in [5.41, 5.74) is 2.13. The van der Waals surface area contributed by atoms with Gasteiger partial charge in [-0.05, 0) is 20.9 Å². The number of rotatable bonds is 6. The standard InChI is InChI=1S/C16H21N3OS/c1-12(2)17-15(20)10-19(3)9-14-11-21-16(18-14)13-7-5-4-6-8-13/h4-8,11-12H,9-10H2,1-3H3,(H,17,20). The summed E-state index contributed by atoms with van der Waals surface area (Å²) in [6.07, 6.45) is 0. The molecule has 2 aromatic rings. The molecule has 0 spiro atoms. The van der Waals surface area contributed by atoms with Gasteiger partial charge in [0.05, 0.1) is 12.2 Å². The van der Waals surface area contributed by atoms with E-state index in [4.69, 9.17) is 0 Å². The molecule has 1 amide bonds. The van der Waals surface area contributed by atoms with E-state index in [1.165, 1.54) is 0 Å². The highest BCUT2D eigenvalue weighted by molar-refractivity contribution is 7.13. The predicted molar refractivity (Wildman–Crippen MR) is 87.2 cm³/mol. The monoisotopic (exact) mass is 303 g/mol. The summed E-state index contributed by atoms with van der Waals surface area (Å²) < 4.78 is 0. The van der Waals surface area contributed by atoms with Crippen molar-refractivity contribution in [2.75, 3.05) is 13.6 Å². The van der Waals surface area contributed by atoms with Crippen LogP contribution < -0.4 is 5.32 Å². The molecule has 0 atom stereocenters. The topological polar surface area (TPSA) is 45.2 Å². The maximum Gasteiger partial charge on any atom is 0.234 e. The molecule has 0 saturated carbocycles. The molecule has 0 aliphatic rings. The minimum Gasteiger partial charge on any atom is -0.353 e. The molecular weight excluding hydrogens is 282 g/mol. The molecule has 1 N–H and O–H groups in total. The van der Waals surface area contributed by atoms with Crippen LogP contribution in [0.5, 0.6) is 0 Å². The zero-order chi connectivity index (χ0) is 15.2. The molecule has 2 rings (SSSR count). The van der Waals surface area contributed by atoms with Crippen LogP contribution in [0.4, 0.5) is 0 Å². The zero-order valence-electron chi connectivity index (χ0n) is 12.7. The van der Waals surface area contributed by atoms with Gasteiger partial charge in [0, 0.05) is 23.5 Å². The van der Waals surface area contributed by atoms with Crippen molar-refractivity contribution < 1.29 is 4.79 Å². The SMILES string of the molecule is CC(C)NC(=O)CN(C)Cc1csc(-c2ccccc2)n1. The minimum atomic E-state index is 0.0472. The lowest BCUT2D eigenvalue weighted by Crippen LogP contribution is -2.38. The Morgan fingerprint density at radius 3 is 2.71 bits per heavy atom. The van der Waals surface area contributed by atoms with Gasteiger partial charge in [-0.1, -0.05) is 30.3 Å². The second kappa shape index (κ2) is 7.33. The first-order chi connectivity index (χ1) is 10.0. The average molecular weight is 303 g/mol. The fourth-order valence-electron chi connectivity index (χ4n) is 2.04. The third-order valence-corrected chi connectivity index (χ3v) is 3.81. The summed E-state index contributed by atoms with van der Waals surface area (Å²) in [6, 6.07) is 10.3. The van der Waals surface area contributed by atoms with Crippen molar-refractivity contribution in [2.45, 2.75) is 26.4 Å². The van der Waals surface area contributed by atoms with Crippen molar-refractivity contribution >= 4 is 17.2 Å². The predicted octanol–water partition coefficient (Wildman–Crippen LogP) is 2.77. The summed E-state index contributed by atoms with van der Waals surface area (Å²) in [5.74, 6) is 0.0472. The van der Waals surface area contributed by atoms with E-state index in [-0.39, 0.29) is 11.9 Å². The van der Waals surface area contributed by atoms with Crippen molar-refractivity contribution in [1.29, 1.82) is 0 Å². The van der Waals surface area contributed by atoms with Gasteiger partial charge in [-0.3, -0.25) is 9.69 Å².